The third kappa shape index (κ3) is 3.81. The molecule has 0 bridgehead atoms. The van der Waals surface area contributed by atoms with Gasteiger partial charge in [-0.1, -0.05) is 60.3 Å². The van der Waals surface area contributed by atoms with Gasteiger partial charge in [-0.25, -0.2) is 9.97 Å². The lowest BCUT2D eigenvalue weighted by molar-refractivity contribution is 0.868. The Morgan fingerprint density at radius 2 is 1.61 bits per heavy atom. The van der Waals surface area contributed by atoms with E-state index in [2.05, 4.69) is 34.3 Å². The third-order valence-electron chi connectivity index (χ3n) is 3.46. The molecule has 3 rings (SSSR count). The summed E-state index contributed by atoms with van der Waals surface area (Å²) < 4.78 is 0. The van der Waals surface area contributed by atoms with Crippen LogP contribution >= 0.6 is 11.8 Å². The maximum absolute atomic E-state index is 6.25. The molecule has 3 aromatic rings. The van der Waals surface area contributed by atoms with Crippen LogP contribution in [0, 0.1) is 0 Å². The van der Waals surface area contributed by atoms with E-state index in [1.807, 2.05) is 48.5 Å². The van der Waals surface area contributed by atoms with E-state index in [9.17, 15) is 0 Å². The first-order valence-electron chi connectivity index (χ1n) is 7.39. The molecule has 1 unspecified atom stereocenters. The fraction of sp³-hybridized carbons (Fsp3) is 0.111. The Morgan fingerprint density at radius 1 is 0.957 bits per heavy atom. The summed E-state index contributed by atoms with van der Waals surface area (Å²) in [7, 11) is 0. The molecule has 116 valence electrons. The normalized spacial score (nSPS) is 11.9. The first-order valence-corrected chi connectivity index (χ1v) is 8.20. The summed E-state index contributed by atoms with van der Waals surface area (Å²) in [5, 5.41) is 4.12. The van der Waals surface area contributed by atoms with Gasteiger partial charge >= 0.3 is 0 Å². The zero-order valence-corrected chi connectivity index (χ0v) is 13.6. The van der Waals surface area contributed by atoms with Crippen LogP contribution in [0.15, 0.2) is 76.9 Å². The van der Waals surface area contributed by atoms with Gasteiger partial charge in [-0.2, -0.15) is 0 Å². The molecule has 1 aromatic heterocycles. The Labute approximate surface area is 140 Å². The van der Waals surface area contributed by atoms with Crippen LogP contribution in [0.25, 0.3) is 0 Å². The molecule has 0 aliphatic heterocycles. The van der Waals surface area contributed by atoms with Crippen LogP contribution in [-0.4, -0.2) is 9.97 Å². The van der Waals surface area contributed by atoms with Crippen LogP contribution < -0.4 is 11.1 Å². The topological polar surface area (TPSA) is 63.8 Å². The van der Waals surface area contributed by atoms with Crippen LogP contribution in [0.4, 0.5) is 11.5 Å². The van der Waals surface area contributed by atoms with Gasteiger partial charge in [0.25, 0.3) is 0 Å². The number of hydrogen-bond acceptors (Lipinski definition) is 5. The number of nitrogens with one attached hydrogen (secondary N) is 1. The van der Waals surface area contributed by atoms with Gasteiger partial charge in [0, 0.05) is 4.90 Å². The average molecular weight is 322 g/mol. The predicted octanol–water partition coefficient (Wildman–Crippen LogP) is 4.38. The highest BCUT2D eigenvalue weighted by atomic mass is 32.2. The van der Waals surface area contributed by atoms with Crippen molar-refractivity contribution >= 4 is 23.3 Å². The minimum absolute atomic E-state index is 0.114. The standard InChI is InChI=1S/C18H18N4S/c1-13(14-8-4-2-5-9-14)22-17-16(19)18(21-12-20-17)23-15-10-6-3-7-11-15/h2-13H,19H2,1H3,(H,20,21,22). The van der Waals surface area contributed by atoms with E-state index in [4.69, 9.17) is 5.73 Å². The molecule has 1 heterocycles. The first-order chi connectivity index (χ1) is 11.2. The number of aromatic nitrogens is 2. The largest absolute Gasteiger partial charge is 0.394 e. The van der Waals surface area contributed by atoms with Gasteiger partial charge in [0.15, 0.2) is 5.82 Å². The summed E-state index contributed by atoms with van der Waals surface area (Å²) >= 11 is 1.54. The van der Waals surface area contributed by atoms with Gasteiger partial charge in [-0.3, -0.25) is 0 Å². The summed E-state index contributed by atoms with van der Waals surface area (Å²) in [6.07, 6.45) is 1.54. The Morgan fingerprint density at radius 3 is 2.30 bits per heavy atom. The second kappa shape index (κ2) is 7.15. The number of nitrogens with two attached hydrogens (primary N) is 1. The van der Waals surface area contributed by atoms with Crippen LogP contribution in [0.3, 0.4) is 0 Å². The second-order valence-electron chi connectivity index (χ2n) is 5.13. The Kier molecular flexibility index (Phi) is 4.78. The van der Waals surface area contributed by atoms with Gasteiger partial charge < -0.3 is 11.1 Å². The number of anilines is 2. The van der Waals surface area contributed by atoms with E-state index in [-0.39, 0.29) is 6.04 Å². The lowest BCUT2D eigenvalue weighted by Crippen LogP contribution is -2.10. The molecular formula is C18H18N4S. The van der Waals surface area contributed by atoms with Crippen molar-refractivity contribution in [2.24, 2.45) is 0 Å². The fourth-order valence-electron chi connectivity index (χ4n) is 2.21. The van der Waals surface area contributed by atoms with Crippen molar-refractivity contribution in [3.63, 3.8) is 0 Å². The predicted molar refractivity (Wildman–Crippen MR) is 95.5 cm³/mol. The lowest BCUT2D eigenvalue weighted by atomic mass is 10.1. The number of nitrogens with zero attached hydrogens (tertiary/aromatic N) is 2. The van der Waals surface area contributed by atoms with Crippen molar-refractivity contribution < 1.29 is 0 Å². The quantitative estimate of drug-likeness (QED) is 0.682. The van der Waals surface area contributed by atoms with Crippen molar-refractivity contribution in [3.8, 4) is 0 Å². The fourth-order valence-corrected chi connectivity index (χ4v) is 3.03. The Hall–Kier alpha value is -2.53. The number of rotatable bonds is 5. The molecule has 0 radical (unpaired) electrons. The molecule has 1 atom stereocenters. The van der Waals surface area contributed by atoms with E-state index < -0.39 is 0 Å². The van der Waals surface area contributed by atoms with Crippen molar-refractivity contribution in [2.75, 3.05) is 11.1 Å². The minimum atomic E-state index is 0.114. The van der Waals surface area contributed by atoms with Crippen molar-refractivity contribution in [1.82, 2.24) is 9.97 Å². The summed E-state index contributed by atoms with van der Waals surface area (Å²) in [5.41, 5.74) is 8.01. The summed E-state index contributed by atoms with van der Waals surface area (Å²) in [6, 6.07) is 20.4. The number of hydrogen-bond donors (Lipinski definition) is 2. The molecule has 3 N–H and O–H groups in total. The van der Waals surface area contributed by atoms with Crippen molar-refractivity contribution in [1.29, 1.82) is 0 Å². The van der Waals surface area contributed by atoms with Gasteiger partial charge in [-0.05, 0) is 24.6 Å². The highest BCUT2D eigenvalue weighted by Crippen LogP contribution is 2.33. The molecule has 2 aromatic carbocycles. The number of nitrogen functional groups attached to an aromatic ring is 1. The van der Waals surface area contributed by atoms with Gasteiger partial charge in [0.1, 0.15) is 17.0 Å². The van der Waals surface area contributed by atoms with Gasteiger partial charge in [0.05, 0.1) is 6.04 Å². The summed E-state index contributed by atoms with van der Waals surface area (Å²) in [5.74, 6) is 0.662. The van der Waals surface area contributed by atoms with Gasteiger partial charge in [0.2, 0.25) is 0 Å². The molecule has 0 amide bonds. The maximum atomic E-state index is 6.25. The molecule has 4 nitrogen and oxygen atoms in total. The van der Waals surface area contributed by atoms with Crippen molar-refractivity contribution in [3.05, 3.63) is 72.6 Å². The van der Waals surface area contributed by atoms with E-state index in [0.29, 0.717) is 11.5 Å². The molecule has 0 saturated heterocycles. The minimum Gasteiger partial charge on any atom is -0.394 e. The third-order valence-corrected chi connectivity index (χ3v) is 4.48. The molecule has 0 saturated carbocycles. The first kappa shape index (κ1) is 15.4. The van der Waals surface area contributed by atoms with Gasteiger partial charge in [-0.15, -0.1) is 0 Å². The SMILES string of the molecule is CC(Nc1ncnc(Sc2ccccc2)c1N)c1ccccc1. The van der Waals surface area contributed by atoms with Crippen LogP contribution in [0.1, 0.15) is 18.5 Å². The Bertz CT molecular complexity index is 762. The van der Waals surface area contributed by atoms with E-state index in [1.165, 1.54) is 17.3 Å². The van der Waals surface area contributed by atoms with Crippen LogP contribution in [-0.2, 0) is 0 Å². The molecule has 0 fully saturated rings. The van der Waals surface area contributed by atoms with Crippen molar-refractivity contribution in [2.45, 2.75) is 22.9 Å². The lowest BCUT2D eigenvalue weighted by Gasteiger charge is -2.17. The highest BCUT2D eigenvalue weighted by molar-refractivity contribution is 7.99. The highest BCUT2D eigenvalue weighted by Gasteiger charge is 2.12. The van der Waals surface area contributed by atoms with E-state index in [1.54, 1.807) is 6.33 Å². The summed E-state index contributed by atoms with van der Waals surface area (Å²) in [4.78, 5) is 9.68. The number of benzene rings is 2. The van der Waals surface area contributed by atoms with Crippen LogP contribution in [0.2, 0.25) is 0 Å². The molecule has 0 aliphatic rings. The zero-order valence-electron chi connectivity index (χ0n) is 12.8. The molecular weight excluding hydrogens is 304 g/mol. The molecule has 5 heteroatoms. The zero-order chi connectivity index (χ0) is 16.1. The van der Waals surface area contributed by atoms with Crippen LogP contribution in [0.5, 0.6) is 0 Å². The molecule has 0 spiro atoms. The Balaban J connectivity index is 1.80. The molecule has 0 aliphatic carbocycles. The average Bonchev–Trinajstić information content (AvgIpc) is 2.60. The smallest absolute Gasteiger partial charge is 0.154 e. The maximum Gasteiger partial charge on any atom is 0.154 e. The summed E-state index contributed by atoms with van der Waals surface area (Å²) in [6.45, 7) is 2.08. The van der Waals surface area contributed by atoms with E-state index in [0.717, 1.165) is 9.92 Å². The second-order valence-corrected chi connectivity index (χ2v) is 6.20. The monoisotopic (exact) mass is 322 g/mol. The molecule has 23 heavy (non-hydrogen) atoms. The van der Waals surface area contributed by atoms with E-state index >= 15 is 0 Å².